The van der Waals surface area contributed by atoms with Crippen molar-refractivity contribution < 1.29 is 21.6 Å². The van der Waals surface area contributed by atoms with Crippen LogP contribution in [0.25, 0.3) is 0 Å². The predicted octanol–water partition coefficient (Wildman–Crippen LogP) is 2.95. The maximum absolute atomic E-state index is 13.1. The third-order valence-electron chi connectivity index (χ3n) is 3.96. The van der Waals surface area contributed by atoms with Gasteiger partial charge in [0.1, 0.15) is 0 Å². The minimum atomic E-state index is -4.56. The van der Waals surface area contributed by atoms with Gasteiger partial charge in [0.05, 0.1) is 17.0 Å². The van der Waals surface area contributed by atoms with Crippen molar-refractivity contribution in [3.63, 3.8) is 0 Å². The van der Waals surface area contributed by atoms with E-state index < -0.39 is 27.3 Å². The van der Waals surface area contributed by atoms with Gasteiger partial charge in [-0.05, 0) is 17.7 Å². The monoisotopic (exact) mass is 388 g/mol. The predicted molar refractivity (Wildman–Crippen MR) is 91.4 cm³/mol. The molecule has 0 bridgehead atoms. The van der Waals surface area contributed by atoms with Crippen molar-refractivity contribution in [1.82, 2.24) is 8.87 Å². The molecule has 0 unspecified atom stereocenters. The van der Waals surface area contributed by atoms with Crippen LogP contribution in [0.3, 0.4) is 0 Å². The van der Waals surface area contributed by atoms with Gasteiger partial charge in [-0.2, -0.15) is 17.5 Å². The lowest BCUT2D eigenvalue weighted by Gasteiger charge is -2.19. The Morgan fingerprint density at radius 1 is 1.04 bits per heavy atom. The van der Waals surface area contributed by atoms with Crippen LogP contribution in [-0.2, 0) is 22.7 Å². The number of pyridine rings is 1. The molecule has 142 valence electrons. The Morgan fingerprint density at radius 3 is 2.23 bits per heavy atom. The van der Waals surface area contributed by atoms with Crippen LogP contribution in [-0.4, -0.2) is 30.4 Å². The normalized spacial score (nSPS) is 12.5. The summed E-state index contributed by atoms with van der Waals surface area (Å²) in [6.45, 7) is 3.47. The largest absolute Gasteiger partial charge is 0.416 e. The number of alkyl halides is 3. The van der Waals surface area contributed by atoms with Gasteiger partial charge in [0.25, 0.3) is 5.56 Å². The lowest BCUT2D eigenvalue weighted by atomic mass is 10.1. The molecule has 0 atom stereocenters. The fourth-order valence-corrected chi connectivity index (χ4v) is 4.09. The van der Waals surface area contributed by atoms with Gasteiger partial charge in [0.2, 0.25) is 10.0 Å². The molecule has 0 aliphatic heterocycles. The summed E-state index contributed by atoms with van der Waals surface area (Å²) in [6.07, 6.45) is -3.48. The number of rotatable bonds is 6. The van der Waals surface area contributed by atoms with Crippen molar-refractivity contribution in [3.05, 3.63) is 64.1 Å². The van der Waals surface area contributed by atoms with Crippen LogP contribution in [0.4, 0.5) is 13.2 Å². The van der Waals surface area contributed by atoms with Crippen LogP contribution in [0.5, 0.6) is 0 Å². The summed E-state index contributed by atoms with van der Waals surface area (Å²) in [5, 5.41) is 0. The number of halogens is 3. The smallest absolute Gasteiger partial charge is 0.310 e. The number of sulfonamides is 1. The molecule has 0 spiro atoms. The van der Waals surface area contributed by atoms with Crippen molar-refractivity contribution in [1.29, 1.82) is 0 Å². The standard InChI is InChI=1S/C17H19F3N2O3S/c1-3-22(4-2)26(24,25)14-9-10-16(23)21(12-14)11-13-7-5-6-8-15(13)17(18,19)20/h5-10,12H,3-4,11H2,1-2H3. The van der Waals surface area contributed by atoms with Gasteiger partial charge in [-0.25, -0.2) is 8.42 Å². The second kappa shape index (κ2) is 7.63. The van der Waals surface area contributed by atoms with E-state index in [1.807, 2.05) is 0 Å². The summed E-state index contributed by atoms with van der Waals surface area (Å²) in [5.74, 6) is 0. The number of hydrogen-bond acceptors (Lipinski definition) is 3. The lowest BCUT2D eigenvalue weighted by molar-refractivity contribution is -0.138. The summed E-state index contributed by atoms with van der Waals surface area (Å²) < 4.78 is 66.7. The molecule has 0 saturated carbocycles. The molecule has 9 heteroatoms. The highest BCUT2D eigenvalue weighted by Gasteiger charge is 2.33. The van der Waals surface area contributed by atoms with Crippen molar-refractivity contribution in [3.8, 4) is 0 Å². The van der Waals surface area contributed by atoms with E-state index in [0.29, 0.717) is 0 Å². The first kappa shape index (κ1) is 20.2. The Balaban J connectivity index is 2.50. The topological polar surface area (TPSA) is 59.4 Å². The molecule has 0 aliphatic carbocycles. The number of hydrogen-bond donors (Lipinski definition) is 0. The Labute approximate surface area is 149 Å². The highest BCUT2D eigenvalue weighted by molar-refractivity contribution is 7.89. The Morgan fingerprint density at radius 2 is 1.65 bits per heavy atom. The van der Waals surface area contributed by atoms with E-state index in [2.05, 4.69) is 0 Å². The van der Waals surface area contributed by atoms with Gasteiger partial charge in [-0.1, -0.05) is 32.0 Å². The highest BCUT2D eigenvalue weighted by atomic mass is 32.2. The van der Waals surface area contributed by atoms with Crippen LogP contribution in [0.1, 0.15) is 25.0 Å². The molecule has 0 N–H and O–H groups in total. The summed E-state index contributed by atoms with van der Waals surface area (Å²) in [4.78, 5) is 11.9. The van der Waals surface area contributed by atoms with Crippen molar-refractivity contribution in [2.24, 2.45) is 0 Å². The second-order valence-electron chi connectivity index (χ2n) is 5.58. The van der Waals surface area contributed by atoms with Crippen LogP contribution in [0, 0.1) is 0 Å². The first-order chi connectivity index (χ1) is 12.1. The van der Waals surface area contributed by atoms with E-state index >= 15 is 0 Å². The van der Waals surface area contributed by atoms with Crippen molar-refractivity contribution in [2.45, 2.75) is 31.5 Å². The average Bonchev–Trinajstić information content (AvgIpc) is 2.57. The van der Waals surface area contributed by atoms with Gasteiger partial charge in [0, 0.05) is 25.4 Å². The molecule has 2 rings (SSSR count). The van der Waals surface area contributed by atoms with E-state index in [-0.39, 0.29) is 30.1 Å². The maximum Gasteiger partial charge on any atom is 0.416 e. The highest BCUT2D eigenvalue weighted by Crippen LogP contribution is 2.32. The van der Waals surface area contributed by atoms with Gasteiger partial charge < -0.3 is 4.57 Å². The number of nitrogens with zero attached hydrogens (tertiary/aromatic N) is 2. The van der Waals surface area contributed by atoms with Crippen LogP contribution in [0.2, 0.25) is 0 Å². The molecule has 1 heterocycles. The molecule has 0 radical (unpaired) electrons. The van der Waals surface area contributed by atoms with E-state index in [0.717, 1.165) is 22.9 Å². The summed E-state index contributed by atoms with van der Waals surface area (Å²) in [7, 11) is -3.82. The zero-order valence-electron chi connectivity index (χ0n) is 14.3. The van der Waals surface area contributed by atoms with Gasteiger partial charge in [-0.15, -0.1) is 0 Å². The average molecular weight is 388 g/mol. The fraction of sp³-hybridized carbons (Fsp3) is 0.353. The maximum atomic E-state index is 13.1. The third-order valence-corrected chi connectivity index (χ3v) is 6.00. The summed E-state index contributed by atoms with van der Waals surface area (Å²) in [5.41, 5.74) is -1.55. The summed E-state index contributed by atoms with van der Waals surface area (Å²) in [6, 6.07) is 7.11. The summed E-state index contributed by atoms with van der Waals surface area (Å²) >= 11 is 0. The van der Waals surface area contributed by atoms with Crippen molar-refractivity contribution >= 4 is 10.0 Å². The van der Waals surface area contributed by atoms with E-state index in [1.54, 1.807) is 13.8 Å². The van der Waals surface area contributed by atoms with Gasteiger partial charge in [-0.3, -0.25) is 4.79 Å². The molecule has 0 amide bonds. The molecule has 0 aliphatic rings. The van der Waals surface area contributed by atoms with Crippen LogP contribution >= 0.6 is 0 Å². The second-order valence-corrected chi connectivity index (χ2v) is 7.51. The SMILES string of the molecule is CCN(CC)S(=O)(=O)c1ccc(=O)n(Cc2ccccc2C(F)(F)F)c1. The molecular formula is C17H19F3N2O3S. The lowest BCUT2D eigenvalue weighted by Crippen LogP contribution is -2.32. The quantitative estimate of drug-likeness (QED) is 0.765. The van der Waals surface area contributed by atoms with E-state index in [1.165, 1.54) is 28.6 Å². The minimum Gasteiger partial charge on any atom is -0.310 e. The molecule has 2 aromatic rings. The Kier molecular flexibility index (Phi) is 5.92. The van der Waals surface area contributed by atoms with Gasteiger partial charge in [0.15, 0.2) is 0 Å². The van der Waals surface area contributed by atoms with E-state index in [4.69, 9.17) is 0 Å². The molecular weight excluding hydrogens is 369 g/mol. The third kappa shape index (κ3) is 4.16. The minimum absolute atomic E-state index is 0.112. The molecule has 1 aromatic heterocycles. The Hall–Kier alpha value is -2.13. The zero-order chi connectivity index (χ0) is 19.5. The first-order valence-electron chi connectivity index (χ1n) is 7.97. The Bertz CT molecular complexity index is 933. The van der Waals surface area contributed by atoms with Crippen molar-refractivity contribution in [2.75, 3.05) is 13.1 Å². The van der Waals surface area contributed by atoms with Crippen LogP contribution < -0.4 is 5.56 Å². The zero-order valence-corrected chi connectivity index (χ0v) is 15.1. The number of benzene rings is 1. The van der Waals surface area contributed by atoms with Crippen LogP contribution in [0.15, 0.2) is 52.3 Å². The fourth-order valence-electron chi connectivity index (χ4n) is 2.62. The number of aromatic nitrogens is 1. The molecule has 5 nitrogen and oxygen atoms in total. The van der Waals surface area contributed by atoms with E-state index in [9.17, 15) is 26.4 Å². The molecule has 0 fully saturated rings. The molecule has 0 saturated heterocycles. The molecule has 26 heavy (non-hydrogen) atoms. The van der Waals surface area contributed by atoms with Gasteiger partial charge >= 0.3 is 6.18 Å². The first-order valence-corrected chi connectivity index (χ1v) is 9.41. The molecule has 1 aromatic carbocycles.